The summed E-state index contributed by atoms with van der Waals surface area (Å²) in [6.07, 6.45) is 0. The number of hydrogen-bond acceptors (Lipinski definition) is 3. The van der Waals surface area contributed by atoms with Gasteiger partial charge in [-0.1, -0.05) is 51.4 Å². The quantitative estimate of drug-likeness (QED) is 0.869. The largest absolute Gasteiger partial charge is 0.508 e. The molecular weight excluding hydrogens is 282 g/mol. The van der Waals surface area contributed by atoms with Crippen LogP contribution in [0.1, 0.15) is 17.2 Å². The van der Waals surface area contributed by atoms with Gasteiger partial charge in [-0.25, -0.2) is 0 Å². The zero-order valence-corrected chi connectivity index (χ0v) is 10.5. The van der Waals surface area contributed by atoms with Crippen molar-refractivity contribution in [2.45, 2.75) is 6.04 Å². The maximum absolute atomic E-state index is 11.0. The number of benzene rings is 2. The van der Waals surface area contributed by atoms with Gasteiger partial charge in [-0.15, -0.1) is 4.91 Å². The Kier molecular flexibility index (Phi) is 3.54. The van der Waals surface area contributed by atoms with Crippen molar-refractivity contribution in [1.29, 1.82) is 0 Å². The lowest BCUT2D eigenvalue weighted by Gasteiger charge is -2.11. The van der Waals surface area contributed by atoms with Crippen LogP contribution < -0.4 is 0 Å². The summed E-state index contributed by atoms with van der Waals surface area (Å²) in [6, 6.07) is 13.4. The van der Waals surface area contributed by atoms with Crippen molar-refractivity contribution in [1.82, 2.24) is 0 Å². The van der Waals surface area contributed by atoms with Crippen molar-refractivity contribution in [3.63, 3.8) is 0 Å². The predicted octanol–water partition coefficient (Wildman–Crippen LogP) is 4.01. The summed E-state index contributed by atoms with van der Waals surface area (Å²) in [6.45, 7) is 0. The Labute approximate surface area is 107 Å². The molecule has 0 aromatic heterocycles. The Hall–Kier alpha value is -1.68. The van der Waals surface area contributed by atoms with E-state index in [2.05, 4.69) is 21.1 Å². The second-order valence-electron chi connectivity index (χ2n) is 3.62. The molecule has 2 aromatic rings. The highest BCUT2D eigenvalue weighted by atomic mass is 79.9. The van der Waals surface area contributed by atoms with Crippen LogP contribution in [-0.2, 0) is 0 Å². The molecular formula is C13H10BrNO2. The van der Waals surface area contributed by atoms with Crippen molar-refractivity contribution in [2.75, 3.05) is 0 Å². The fourth-order valence-corrected chi connectivity index (χ4v) is 2.06. The summed E-state index contributed by atoms with van der Waals surface area (Å²) in [5.41, 5.74) is 1.26. The summed E-state index contributed by atoms with van der Waals surface area (Å²) < 4.78 is 0.801. The maximum Gasteiger partial charge on any atom is 0.145 e. The Morgan fingerprint density at radius 3 is 2.47 bits per heavy atom. The van der Waals surface area contributed by atoms with Gasteiger partial charge in [0.25, 0.3) is 0 Å². The molecule has 0 aliphatic rings. The minimum Gasteiger partial charge on any atom is -0.508 e. The monoisotopic (exact) mass is 291 g/mol. The summed E-state index contributed by atoms with van der Waals surface area (Å²) in [4.78, 5) is 11.0. The molecule has 1 N–H and O–H groups in total. The molecule has 0 bridgehead atoms. The van der Waals surface area contributed by atoms with Crippen LogP contribution in [0.2, 0.25) is 0 Å². The van der Waals surface area contributed by atoms with Crippen LogP contribution in [0.15, 0.2) is 58.2 Å². The lowest BCUT2D eigenvalue weighted by molar-refractivity contribution is 0.465. The van der Waals surface area contributed by atoms with Gasteiger partial charge in [-0.3, -0.25) is 0 Å². The van der Waals surface area contributed by atoms with E-state index in [1.807, 2.05) is 30.3 Å². The molecule has 1 unspecified atom stereocenters. The van der Waals surface area contributed by atoms with E-state index >= 15 is 0 Å². The van der Waals surface area contributed by atoms with Crippen molar-refractivity contribution in [3.05, 3.63) is 69.0 Å². The first-order valence-corrected chi connectivity index (χ1v) is 5.87. The van der Waals surface area contributed by atoms with Gasteiger partial charge in [0.15, 0.2) is 0 Å². The maximum atomic E-state index is 11.0. The topological polar surface area (TPSA) is 49.7 Å². The number of phenols is 1. The van der Waals surface area contributed by atoms with E-state index in [1.54, 1.807) is 18.2 Å². The summed E-state index contributed by atoms with van der Waals surface area (Å²) in [5, 5.41) is 12.9. The van der Waals surface area contributed by atoms with E-state index < -0.39 is 6.04 Å². The van der Waals surface area contributed by atoms with Crippen LogP contribution in [-0.4, -0.2) is 5.11 Å². The van der Waals surface area contributed by atoms with Crippen LogP contribution in [0, 0.1) is 4.91 Å². The summed E-state index contributed by atoms with van der Waals surface area (Å²) in [7, 11) is 0. The van der Waals surface area contributed by atoms with Gasteiger partial charge in [0.05, 0.1) is 0 Å². The van der Waals surface area contributed by atoms with Gasteiger partial charge in [0, 0.05) is 10.0 Å². The van der Waals surface area contributed by atoms with Crippen molar-refractivity contribution >= 4 is 15.9 Å². The molecule has 0 fully saturated rings. The third-order valence-corrected chi connectivity index (χ3v) is 3.00. The Morgan fingerprint density at radius 2 is 1.82 bits per heavy atom. The minimum atomic E-state index is -0.686. The number of halogens is 1. The molecule has 0 heterocycles. The zero-order valence-electron chi connectivity index (χ0n) is 8.88. The van der Waals surface area contributed by atoms with E-state index in [-0.39, 0.29) is 5.75 Å². The second-order valence-corrected chi connectivity index (χ2v) is 4.54. The van der Waals surface area contributed by atoms with Gasteiger partial charge < -0.3 is 5.11 Å². The number of nitrogens with zero attached hydrogens (tertiary/aromatic N) is 1. The molecule has 0 aliphatic heterocycles. The Balaban J connectivity index is 2.49. The first-order valence-electron chi connectivity index (χ1n) is 5.08. The molecule has 2 rings (SSSR count). The third kappa shape index (κ3) is 2.53. The molecule has 0 amide bonds. The SMILES string of the molecule is O=NC(c1ccccc1)c1cc(Br)ccc1O. The van der Waals surface area contributed by atoms with E-state index in [1.165, 1.54) is 0 Å². The standard InChI is InChI=1S/C13H10BrNO2/c14-10-6-7-12(16)11(8-10)13(15-17)9-4-2-1-3-5-9/h1-8,13,16H. The van der Waals surface area contributed by atoms with E-state index in [0.717, 1.165) is 10.0 Å². The molecule has 17 heavy (non-hydrogen) atoms. The average molecular weight is 292 g/mol. The number of rotatable bonds is 3. The molecule has 4 heteroatoms. The van der Waals surface area contributed by atoms with Gasteiger partial charge >= 0.3 is 0 Å². The van der Waals surface area contributed by atoms with E-state index in [4.69, 9.17) is 0 Å². The molecule has 86 valence electrons. The van der Waals surface area contributed by atoms with Gasteiger partial charge in [-0.2, -0.15) is 0 Å². The van der Waals surface area contributed by atoms with Crippen molar-refractivity contribution in [3.8, 4) is 5.75 Å². The van der Waals surface area contributed by atoms with Crippen LogP contribution in [0.5, 0.6) is 5.75 Å². The number of phenolic OH excluding ortho intramolecular Hbond substituents is 1. The highest BCUT2D eigenvalue weighted by molar-refractivity contribution is 9.10. The molecule has 0 radical (unpaired) electrons. The number of hydrogen-bond donors (Lipinski definition) is 1. The van der Waals surface area contributed by atoms with Crippen molar-refractivity contribution < 1.29 is 5.11 Å². The number of aromatic hydroxyl groups is 1. The van der Waals surface area contributed by atoms with Crippen molar-refractivity contribution in [2.24, 2.45) is 5.18 Å². The fourth-order valence-electron chi connectivity index (χ4n) is 1.68. The van der Waals surface area contributed by atoms with Crippen LogP contribution in [0.3, 0.4) is 0 Å². The van der Waals surface area contributed by atoms with E-state index in [0.29, 0.717) is 5.56 Å². The Morgan fingerprint density at radius 1 is 1.12 bits per heavy atom. The summed E-state index contributed by atoms with van der Waals surface area (Å²) in [5.74, 6) is 0.0710. The molecule has 0 spiro atoms. The zero-order chi connectivity index (χ0) is 12.3. The smallest absolute Gasteiger partial charge is 0.145 e. The van der Waals surface area contributed by atoms with Gasteiger partial charge in [0.1, 0.15) is 11.8 Å². The Bertz CT molecular complexity index is 528. The second kappa shape index (κ2) is 5.10. The summed E-state index contributed by atoms with van der Waals surface area (Å²) >= 11 is 3.31. The minimum absolute atomic E-state index is 0.0710. The third-order valence-electron chi connectivity index (χ3n) is 2.50. The first kappa shape index (κ1) is 11.8. The molecule has 3 nitrogen and oxygen atoms in total. The van der Waals surface area contributed by atoms with Crippen LogP contribution >= 0.6 is 15.9 Å². The fraction of sp³-hybridized carbons (Fsp3) is 0.0769. The van der Waals surface area contributed by atoms with Gasteiger partial charge in [-0.05, 0) is 23.8 Å². The van der Waals surface area contributed by atoms with E-state index in [9.17, 15) is 10.0 Å². The first-order chi connectivity index (χ1) is 8.22. The lowest BCUT2D eigenvalue weighted by atomic mass is 9.99. The highest BCUT2D eigenvalue weighted by Gasteiger charge is 2.18. The molecule has 1 atom stereocenters. The molecule has 0 saturated carbocycles. The normalized spacial score (nSPS) is 12.1. The van der Waals surface area contributed by atoms with Gasteiger partial charge in [0.2, 0.25) is 0 Å². The average Bonchev–Trinajstić information content (AvgIpc) is 2.36. The molecule has 2 aromatic carbocycles. The lowest BCUT2D eigenvalue weighted by Crippen LogP contribution is -1.97. The predicted molar refractivity (Wildman–Crippen MR) is 69.9 cm³/mol. The molecule has 0 aliphatic carbocycles. The van der Waals surface area contributed by atoms with Crippen LogP contribution in [0.25, 0.3) is 0 Å². The molecule has 0 saturated heterocycles. The number of nitroso groups, excluding NO2 is 1. The highest BCUT2D eigenvalue weighted by Crippen LogP contribution is 2.33. The van der Waals surface area contributed by atoms with Crippen LogP contribution in [0.4, 0.5) is 0 Å².